The van der Waals surface area contributed by atoms with Crippen LogP contribution in [0, 0.1) is 6.92 Å². The molecule has 0 spiro atoms. The number of carbonyl (C=O) groups excluding carboxylic acids is 1. The minimum atomic E-state index is -4.94. The van der Waals surface area contributed by atoms with E-state index >= 15 is 0 Å². The van der Waals surface area contributed by atoms with Crippen LogP contribution >= 0.6 is 0 Å². The molecule has 8 heteroatoms. The molecule has 0 amide bonds. The predicted octanol–water partition coefficient (Wildman–Crippen LogP) is 2.49. The topological polar surface area (TPSA) is 55.4 Å². The Morgan fingerprint density at radius 1 is 1.29 bits per heavy atom. The number of halogens is 3. The molecule has 4 nitrogen and oxygen atoms in total. The predicted molar refractivity (Wildman–Crippen MR) is 71.8 cm³/mol. The SMILES string of the molecule is CCOC(=O)[C@@](C)(NS(=O)c1ccc(C)cc1)C(F)(F)F. The number of benzene rings is 1. The van der Waals surface area contributed by atoms with Crippen LogP contribution in [-0.4, -0.2) is 28.5 Å². The van der Waals surface area contributed by atoms with Gasteiger partial charge in [0, 0.05) is 0 Å². The van der Waals surface area contributed by atoms with Gasteiger partial charge in [0.05, 0.1) is 11.5 Å². The summed E-state index contributed by atoms with van der Waals surface area (Å²) in [6.45, 7) is 3.59. The quantitative estimate of drug-likeness (QED) is 0.847. The Balaban J connectivity index is 3.04. The highest BCUT2D eigenvalue weighted by Gasteiger charge is 2.59. The Morgan fingerprint density at radius 2 is 1.81 bits per heavy atom. The van der Waals surface area contributed by atoms with Gasteiger partial charge in [-0.1, -0.05) is 17.7 Å². The molecule has 0 aliphatic rings. The molecule has 0 radical (unpaired) electrons. The summed E-state index contributed by atoms with van der Waals surface area (Å²) >= 11 is 0. The number of esters is 1. The molecule has 2 atom stereocenters. The molecule has 21 heavy (non-hydrogen) atoms. The Bertz CT molecular complexity index is 530. The van der Waals surface area contributed by atoms with Crippen LogP contribution in [0.2, 0.25) is 0 Å². The fourth-order valence-electron chi connectivity index (χ4n) is 1.40. The summed E-state index contributed by atoms with van der Waals surface area (Å²) in [6, 6.07) is 6.09. The summed E-state index contributed by atoms with van der Waals surface area (Å²) in [5, 5.41) is 0. The summed E-state index contributed by atoms with van der Waals surface area (Å²) in [4.78, 5) is 11.7. The van der Waals surface area contributed by atoms with Gasteiger partial charge in [-0.3, -0.25) is 0 Å². The maximum absolute atomic E-state index is 13.1. The largest absolute Gasteiger partial charge is 0.464 e. The molecule has 1 unspecified atom stereocenters. The zero-order valence-corrected chi connectivity index (χ0v) is 12.6. The van der Waals surface area contributed by atoms with E-state index < -0.39 is 28.7 Å². The molecule has 0 fully saturated rings. The van der Waals surface area contributed by atoms with E-state index in [4.69, 9.17) is 0 Å². The molecule has 0 aliphatic carbocycles. The van der Waals surface area contributed by atoms with Crippen LogP contribution < -0.4 is 4.72 Å². The van der Waals surface area contributed by atoms with Gasteiger partial charge in [0.2, 0.25) is 5.54 Å². The number of hydrogen-bond donors (Lipinski definition) is 1. The van der Waals surface area contributed by atoms with E-state index in [0.717, 1.165) is 5.56 Å². The van der Waals surface area contributed by atoms with Gasteiger partial charge in [-0.15, -0.1) is 0 Å². The van der Waals surface area contributed by atoms with Gasteiger partial charge in [0.1, 0.15) is 11.0 Å². The van der Waals surface area contributed by atoms with Gasteiger partial charge in [-0.2, -0.15) is 13.2 Å². The Kier molecular flexibility index (Phi) is 5.52. The van der Waals surface area contributed by atoms with Crippen LogP contribution in [0.15, 0.2) is 29.2 Å². The average Bonchev–Trinajstić information content (AvgIpc) is 2.38. The number of nitrogens with one attached hydrogen (secondary N) is 1. The second-order valence-corrected chi connectivity index (χ2v) is 5.74. The first-order valence-electron chi connectivity index (χ1n) is 6.12. The van der Waals surface area contributed by atoms with Crippen LogP contribution in [-0.2, 0) is 20.5 Å². The fourth-order valence-corrected chi connectivity index (χ4v) is 2.47. The number of alkyl halides is 3. The van der Waals surface area contributed by atoms with Gasteiger partial charge < -0.3 is 4.74 Å². The lowest BCUT2D eigenvalue weighted by atomic mass is 10.0. The summed E-state index contributed by atoms with van der Waals surface area (Å²) < 4.78 is 57.6. The number of hydrogen-bond acceptors (Lipinski definition) is 3. The van der Waals surface area contributed by atoms with Gasteiger partial charge in [0.25, 0.3) is 0 Å². The normalized spacial score (nSPS) is 16.1. The highest BCUT2D eigenvalue weighted by molar-refractivity contribution is 7.83. The third-order valence-electron chi connectivity index (χ3n) is 2.78. The minimum absolute atomic E-state index is 0.139. The third-order valence-corrected chi connectivity index (χ3v) is 4.08. The molecule has 0 heterocycles. The number of rotatable bonds is 5. The van der Waals surface area contributed by atoms with Gasteiger partial charge in [0.15, 0.2) is 0 Å². The molecular formula is C13H16F3NO3S. The Morgan fingerprint density at radius 3 is 2.24 bits per heavy atom. The van der Waals surface area contributed by atoms with Crippen molar-refractivity contribution in [2.75, 3.05) is 6.61 Å². The zero-order valence-electron chi connectivity index (χ0n) is 11.8. The molecule has 1 aromatic rings. The van der Waals surface area contributed by atoms with E-state index in [1.165, 1.54) is 19.1 Å². The van der Waals surface area contributed by atoms with Crippen LogP contribution in [0.4, 0.5) is 13.2 Å². The van der Waals surface area contributed by atoms with Gasteiger partial charge in [-0.05, 0) is 32.9 Å². The van der Waals surface area contributed by atoms with E-state index in [1.807, 2.05) is 4.72 Å². The van der Waals surface area contributed by atoms with Crippen LogP contribution in [0.25, 0.3) is 0 Å². The molecule has 0 saturated carbocycles. The number of ether oxygens (including phenoxy) is 1. The van der Waals surface area contributed by atoms with E-state index in [9.17, 15) is 22.2 Å². The summed E-state index contributed by atoms with van der Waals surface area (Å²) in [5.74, 6) is -1.52. The molecular weight excluding hydrogens is 307 g/mol. The van der Waals surface area contributed by atoms with E-state index in [1.54, 1.807) is 19.1 Å². The highest BCUT2D eigenvalue weighted by atomic mass is 32.2. The first kappa shape index (κ1) is 17.6. The van der Waals surface area contributed by atoms with E-state index in [-0.39, 0.29) is 11.5 Å². The molecule has 0 aromatic heterocycles. The van der Waals surface area contributed by atoms with Crippen LogP contribution in [0.1, 0.15) is 19.4 Å². The van der Waals surface area contributed by atoms with Gasteiger partial charge in [-0.25, -0.2) is 13.7 Å². The maximum Gasteiger partial charge on any atom is 0.418 e. The van der Waals surface area contributed by atoms with Crippen molar-refractivity contribution in [1.29, 1.82) is 0 Å². The smallest absolute Gasteiger partial charge is 0.418 e. The van der Waals surface area contributed by atoms with Crippen molar-refractivity contribution in [3.05, 3.63) is 29.8 Å². The summed E-state index contributed by atoms with van der Waals surface area (Å²) in [6.07, 6.45) is -4.94. The number of carbonyl (C=O) groups is 1. The first-order valence-corrected chi connectivity index (χ1v) is 7.27. The first-order chi connectivity index (χ1) is 9.61. The summed E-state index contributed by atoms with van der Waals surface area (Å²) in [7, 11) is -2.20. The molecule has 1 N–H and O–H groups in total. The monoisotopic (exact) mass is 323 g/mol. The fraction of sp³-hybridized carbons (Fsp3) is 0.462. The Hall–Kier alpha value is -1.41. The lowest BCUT2D eigenvalue weighted by molar-refractivity contribution is -0.205. The van der Waals surface area contributed by atoms with Crippen molar-refractivity contribution >= 4 is 17.0 Å². The average molecular weight is 323 g/mol. The van der Waals surface area contributed by atoms with Crippen LogP contribution in [0.3, 0.4) is 0 Å². The molecule has 0 saturated heterocycles. The van der Waals surface area contributed by atoms with Crippen molar-refractivity contribution < 1.29 is 26.9 Å². The zero-order chi connectivity index (χ0) is 16.3. The second kappa shape index (κ2) is 6.57. The van der Waals surface area contributed by atoms with Crippen LogP contribution in [0.5, 0.6) is 0 Å². The lowest BCUT2D eigenvalue weighted by Gasteiger charge is -2.29. The van der Waals surface area contributed by atoms with Crippen molar-refractivity contribution in [1.82, 2.24) is 4.72 Å². The minimum Gasteiger partial charge on any atom is -0.464 e. The van der Waals surface area contributed by atoms with Crippen molar-refractivity contribution in [2.24, 2.45) is 0 Å². The Labute approximate surface area is 123 Å². The van der Waals surface area contributed by atoms with Gasteiger partial charge >= 0.3 is 12.1 Å². The van der Waals surface area contributed by atoms with E-state index in [2.05, 4.69) is 4.74 Å². The summed E-state index contributed by atoms with van der Waals surface area (Å²) in [5.41, 5.74) is -2.17. The highest BCUT2D eigenvalue weighted by Crippen LogP contribution is 2.32. The van der Waals surface area contributed by atoms with E-state index in [0.29, 0.717) is 6.92 Å². The maximum atomic E-state index is 13.1. The van der Waals surface area contributed by atoms with Crippen molar-refractivity contribution in [2.45, 2.75) is 37.4 Å². The molecule has 0 bridgehead atoms. The molecule has 1 aromatic carbocycles. The van der Waals surface area contributed by atoms with Crippen molar-refractivity contribution in [3.63, 3.8) is 0 Å². The lowest BCUT2D eigenvalue weighted by Crippen LogP contribution is -2.61. The standard InChI is InChI=1S/C13H16F3NO3S/c1-4-20-11(18)12(3,13(14,15)16)17-21(19)10-7-5-9(2)6-8-10/h5-8,17H,4H2,1-3H3/t12-,21?/m1/s1. The van der Waals surface area contributed by atoms with Crippen molar-refractivity contribution in [3.8, 4) is 0 Å². The third kappa shape index (κ3) is 4.04. The molecule has 118 valence electrons. The molecule has 1 rings (SSSR count). The number of aryl methyl sites for hydroxylation is 1. The second-order valence-electron chi connectivity index (χ2n) is 4.53. The molecule has 0 aliphatic heterocycles.